The molecule has 3 atom stereocenters. The smallest absolute Gasteiger partial charge is 0.444 e. The number of rotatable bonds is 1. The summed E-state index contributed by atoms with van der Waals surface area (Å²) in [5.74, 6) is -1.95. The maximum Gasteiger partial charge on any atom is 0.471 e. The highest BCUT2D eigenvalue weighted by atomic mass is 19.4. The highest BCUT2D eigenvalue weighted by Gasteiger charge is 2.52. The number of ether oxygens (including phenoxy) is 1. The molecule has 0 radical (unpaired) electrons. The Morgan fingerprint density at radius 3 is 2.33 bits per heavy atom. The molecule has 2 aliphatic heterocycles. The number of halogens is 3. The minimum atomic E-state index is -4.90. The standard InChI is InChI=1S/C13H19F3N2O3/c1-12(2,3)21-11(20)18-7-4-5-9(18)8(6-7)17-10(19)13(14,15)16/h7-9H,4-6H2,1-3H3,(H,17,19). The van der Waals surface area contributed by atoms with Crippen molar-refractivity contribution < 1.29 is 27.5 Å². The van der Waals surface area contributed by atoms with Crippen molar-refractivity contribution in [3.05, 3.63) is 0 Å². The van der Waals surface area contributed by atoms with Gasteiger partial charge in [-0.2, -0.15) is 13.2 Å². The quantitative estimate of drug-likeness (QED) is 0.808. The van der Waals surface area contributed by atoms with Gasteiger partial charge in [-0.25, -0.2) is 4.79 Å². The fraction of sp³-hybridized carbons (Fsp3) is 0.846. The molecule has 2 fully saturated rings. The van der Waals surface area contributed by atoms with Crippen LogP contribution in [0.15, 0.2) is 0 Å². The topological polar surface area (TPSA) is 58.6 Å². The molecule has 0 aromatic rings. The van der Waals surface area contributed by atoms with Gasteiger partial charge in [-0.1, -0.05) is 0 Å². The molecule has 2 aliphatic rings. The molecule has 3 unspecified atom stereocenters. The predicted molar refractivity (Wildman–Crippen MR) is 67.5 cm³/mol. The Balaban J connectivity index is 2.02. The molecule has 0 aromatic carbocycles. The van der Waals surface area contributed by atoms with E-state index in [-0.39, 0.29) is 6.04 Å². The second-order valence-electron chi connectivity index (χ2n) is 6.50. The molecule has 0 aromatic heterocycles. The van der Waals surface area contributed by atoms with Gasteiger partial charge in [-0.3, -0.25) is 4.79 Å². The summed E-state index contributed by atoms with van der Waals surface area (Å²) in [7, 11) is 0. The second kappa shape index (κ2) is 5.06. The van der Waals surface area contributed by atoms with Crippen molar-refractivity contribution in [2.75, 3.05) is 0 Å². The van der Waals surface area contributed by atoms with Crippen LogP contribution in [0.2, 0.25) is 0 Å². The molecule has 0 aliphatic carbocycles. The summed E-state index contributed by atoms with van der Waals surface area (Å²) in [5.41, 5.74) is -0.663. The summed E-state index contributed by atoms with van der Waals surface area (Å²) in [4.78, 5) is 24.6. The van der Waals surface area contributed by atoms with Crippen LogP contribution >= 0.6 is 0 Å². The Labute approximate surface area is 120 Å². The molecule has 120 valence electrons. The Bertz CT molecular complexity index is 445. The van der Waals surface area contributed by atoms with Crippen LogP contribution < -0.4 is 5.32 Å². The van der Waals surface area contributed by atoms with Crippen molar-refractivity contribution in [1.82, 2.24) is 10.2 Å². The lowest BCUT2D eigenvalue weighted by Crippen LogP contribution is -2.49. The molecule has 1 N–H and O–H groups in total. The maximum absolute atomic E-state index is 12.3. The van der Waals surface area contributed by atoms with Gasteiger partial charge >= 0.3 is 18.2 Å². The van der Waals surface area contributed by atoms with Gasteiger partial charge in [0.15, 0.2) is 0 Å². The zero-order valence-corrected chi connectivity index (χ0v) is 12.2. The van der Waals surface area contributed by atoms with E-state index in [1.165, 1.54) is 4.90 Å². The zero-order chi connectivity index (χ0) is 16.0. The number of amides is 2. The lowest BCUT2D eigenvalue weighted by atomic mass is 9.95. The van der Waals surface area contributed by atoms with Crippen LogP contribution in [0.1, 0.15) is 40.0 Å². The van der Waals surface area contributed by atoms with Crippen molar-refractivity contribution in [2.24, 2.45) is 0 Å². The third-order valence-electron chi connectivity index (χ3n) is 3.72. The van der Waals surface area contributed by atoms with Crippen molar-refractivity contribution in [2.45, 2.75) is 69.9 Å². The predicted octanol–water partition coefficient (Wildman–Crippen LogP) is 2.21. The van der Waals surface area contributed by atoms with E-state index in [2.05, 4.69) is 0 Å². The summed E-state index contributed by atoms with van der Waals surface area (Å²) < 4.78 is 42.2. The summed E-state index contributed by atoms with van der Waals surface area (Å²) in [6.45, 7) is 5.18. The summed E-state index contributed by atoms with van der Waals surface area (Å²) in [5, 5.41) is 1.98. The second-order valence-corrected chi connectivity index (χ2v) is 6.50. The molecule has 2 saturated heterocycles. The van der Waals surface area contributed by atoms with Crippen molar-refractivity contribution in [1.29, 1.82) is 0 Å². The first-order chi connectivity index (χ1) is 9.49. The van der Waals surface area contributed by atoms with E-state index in [0.717, 1.165) is 6.42 Å². The van der Waals surface area contributed by atoms with Gasteiger partial charge < -0.3 is 15.0 Å². The largest absolute Gasteiger partial charge is 0.471 e. The van der Waals surface area contributed by atoms with Gasteiger partial charge in [0.2, 0.25) is 0 Å². The van der Waals surface area contributed by atoms with Crippen LogP contribution in [0, 0.1) is 0 Å². The van der Waals surface area contributed by atoms with Gasteiger partial charge in [0.25, 0.3) is 0 Å². The number of carbonyl (C=O) groups is 2. The van der Waals surface area contributed by atoms with E-state index in [4.69, 9.17) is 4.74 Å². The highest BCUT2D eigenvalue weighted by Crippen LogP contribution is 2.39. The first-order valence-corrected chi connectivity index (χ1v) is 6.88. The van der Waals surface area contributed by atoms with Crippen molar-refractivity contribution >= 4 is 12.0 Å². The maximum atomic E-state index is 12.3. The van der Waals surface area contributed by atoms with Gasteiger partial charge in [0.05, 0.1) is 12.1 Å². The van der Waals surface area contributed by atoms with E-state index in [1.807, 2.05) is 5.32 Å². The number of nitrogens with one attached hydrogen (secondary N) is 1. The van der Waals surface area contributed by atoms with E-state index >= 15 is 0 Å². The number of nitrogens with zero attached hydrogens (tertiary/aromatic N) is 1. The Kier molecular flexibility index (Phi) is 3.84. The Hall–Kier alpha value is -1.47. The van der Waals surface area contributed by atoms with E-state index in [9.17, 15) is 22.8 Å². The van der Waals surface area contributed by atoms with Gasteiger partial charge in [-0.15, -0.1) is 0 Å². The lowest BCUT2D eigenvalue weighted by Gasteiger charge is -2.28. The number of carbonyl (C=O) groups excluding carboxylic acids is 2. The normalized spacial score (nSPS) is 28.7. The minimum Gasteiger partial charge on any atom is -0.444 e. The summed E-state index contributed by atoms with van der Waals surface area (Å²) in [6.07, 6.45) is -3.79. The first-order valence-electron chi connectivity index (χ1n) is 6.88. The van der Waals surface area contributed by atoms with E-state index < -0.39 is 35.9 Å². The summed E-state index contributed by atoms with van der Waals surface area (Å²) in [6, 6.07) is -1.25. The average Bonchev–Trinajstić information content (AvgIpc) is 2.82. The Morgan fingerprint density at radius 1 is 1.19 bits per heavy atom. The molecule has 5 nitrogen and oxygen atoms in total. The molecule has 2 amide bonds. The van der Waals surface area contributed by atoms with Gasteiger partial charge in [0, 0.05) is 6.04 Å². The highest BCUT2D eigenvalue weighted by molar-refractivity contribution is 5.82. The zero-order valence-electron chi connectivity index (χ0n) is 12.2. The van der Waals surface area contributed by atoms with Crippen molar-refractivity contribution in [3.8, 4) is 0 Å². The van der Waals surface area contributed by atoms with E-state index in [1.54, 1.807) is 20.8 Å². The summed E-state index contributed by atoms with van der Waals surface area (Å²) >= 11 is 0. The first kappa shape index (κ1) is 15.9. The monoisotopic (exact) mass is 308 g/mol. The molecule has 0 saturated carbocycles. The molecule has 8 heteroatoms. The molecule has 0 spiro atoms. The number of hydrogen-bond donors (Lipinski definition) is 1. The third kappa shape index (κ3) is 3.41. The van der Waals surface area contributed by atoms with E-state index in [0.29, 0.717) is 12.8 Å². The third-order valence-corrected chi connectivity index (χ3v) is 3.72. The Morgan fingerprint density at radius 2 is 1.81 bits per heavy atom. The fourth-order valence-corrected chi connectivity index (χ4v) is 2.99. The van der Waals surface area contributed by atoms with Gasteiger partial charge in [0.1, 0.15) is 5.60 Å². The molecule has 2 heterocycles. The van der Waals surface area contributed by atoms with Crippen molar-refractivity contribution in [3.63, 3.8) is 0 Å². The average molecular weight is 308 g/mol. The van der Waals surface area contributed by atoms with Crippen LogP contribution in [0.4, 0.5) is 18.0 Å². The number of alkyl halides is 3. The molecule has 2 bridgehead atoms. The SMILES string of the molecule is CC(C)(C)OC(=O)N1C2CCC1C(NC(=O)C(F)(F)F)C2. The molecular weight excluding hydrogens is 289 g/mol. The molecular formula is C13H19F3N2O3. The van der Waals surface area contributed by atoms with Crippen LogP contribution in [-0.4, -0.2) is 46.8 Å². The molecule has 21 heavy (non-hydrogen) atoms. The number of fused-ring (bicyclic) bond motifs is 2. The molecule has 2 rings (SSSR count). The van der Waals surface area contributed by atoms with Crippen LogP contribution in [0.25, 0.3) is 0 Å². The minimum absolute atomic E-state index is 0.164. The fourth-order valence-electron chi connectivity index (χ4n) is 2.99. The number of hydrogen-bond acceptors (Lipinski definition) is 3. The van der Waals surface area contributed by atoms with Crippen LogP contribution in [0.5, 0.6) is 0 Å². The van der Waals surface area contributed by atoms with Gasteiger partial charge in [-0.05, 0) is 40.0 Å². The van der Waals surface area contributed by atoms with Crippen LogP contribution in [0.3, 0.4) is 0 Å². The lowest BCUT2D eigenvalue weighted by molar-refractivity contribution is -0.174. The van der Waals surface area contributed by atoms with Crippen LogP contribution in [-0.2, 0) is 9.53 Å².